The molecule has 0 spiro atoms. The van der Waals surface area contributed by atoms with Crippen LogP contribution in [0.4, 0.5) is 8.78 Å². The Morgan fingerprint density at radius 1 is 1.33 bits per heavy atom. The molecule has 2 aromatic rings. The number of rotatable bonds is 5. The summed E-state index contributed by atoms with van der Waals surface area (Å²) in [5.74, 6) is -1.23. The van der Waals surface area contributed by atoms with E-state index >= 15 is 0 Å². The second kappa shape index (κ2) is 6.54. The summed E-state index contributed by atoms with van der Waals surface area (Å²) < 4.78 is 28.6. The highest BCUT2D eigenvalue weighted by molar-refractivity contribution is 6.31. The first kappa shape index (κ1) is 15.9. The Balaban J connectivity index is 2.33. The number of hydrogen-bond donors (Lipinski definition) is 1. The summed E-state index contributed by atoms with van der Waals surface area (Å²) in [6, 6.07) is 3.02. The van der Waals surface area contributed by atoms with Crippen LogP contribution >= 0.6 is 11.6 Å². The Kier molecular flexibility index (Phi) is 4.96. The molecule has 0 radical (unpaired) electrons. The van der Waals surface area contributed by atoms with Crippen molar-refractivity contribution in [2.75, 3.05) is 0 Å². The van der Waals surface area contributed by atoms with Gasteiger partial charge in [0.05, 0.1) is 22.5 Å². The largest absolute Gasteiger partial charge is 0.388 e. The van der Waals surface area contributed by atoms with Crippen LogP contribution in [-0.2, 0) is 19.4 Å². The molecule has 1 N–H and O–H groups in total. The third kappa shape index (κ3) is 3.24. The number of halogens is 3. The average molecular weight is 315 g/mol. The van der Waals surface area contributed by atoms with Crippen LogP contribution in [0, 0.1) is 11.6 Å². The zero-order valence-corrected chi connectivity index (χ0v) is 12.7. The quantitative estimate of drug-likeness (QED) is 0.914. The molecule has 6 heteroatoms. The Bertz CT molecular complexity index is 643. The van der Waals surface area contributed by atoms with E-state index in [-0.39, 0.29) is 12.0 Å². The van der Waals surface area contributed by atoms with Gasteiger partial charge in [-0.15, -0.1) is 0 Å². The van der Waals surface area contributed by atoms with Crippen molar-refractivity contribution in [2.45, 2.75) is 39.3 Å². The molecule has 1 atom stereocenters. The predicted molar refractivity (Wildman–Crippen MR) is 77.3 cm³/mol. The molecule has 2 rings (SSSR count). The summed E-state index contributed by atoms with van der Waals surface area (Å²) in [5.41, 5.74) is 1.29. The maximum absolute atomic E-state index is 13.7. The van der Waals surface area contributed by atoms with Crippen molar-refractivity contribution in [1.29, 1.82) is 0 Å². The molecule has 0 fully saturated rings. The molecular weight excluding hydrogens is 298 g/mol. The first-order chi connectivity index (χ1) is 9.97. The number of aryl methyl sites for hydroxylation is 2. The fourth-order valence-corrected chi connectivity index (χ4v) is 2.62. The summed E-state index contributed by atoms with van der Waals surface area (Å²) in [7, 11) is 0. The predicted octanol–water partition coefficient (Wildman–Crippen LogP) is 3.67. The van der Waals surface area contributed by atoms with Gasteiger partial charge >= 0.3 is 0 Å². The molecule has 0 aliphatic rings. The van der Waals surface area contributed by atoms with Gasteiger partial charge in [-0.05, 0) is 31.5 Å². The summed E-state index contributed by atoms with van der Waals surface area (Å²) in [5, 5.41) is 15.0. The van der Waals surface area contributed by atoms with E-state index in [1.165, 1.54) is 0 Å². The van der Waals surface area contributed by atoms with E-state index in [0.717, 1.165) is 23.9 Å². The second-order valence-corrected chi connectivity index (χ2v) is 5.14. The standard InChI is InChI=1S/C15H17ClF2N2O/c1-3-12-15(16)13(20(4-2)19-12)8-14(21)10-7-9(17)5-6-11(10)18/h5-7,14,21H,3-4,8H2,1-2H3. The molecule has 0 aliphatic heterocycles. The Morgan fingerprint density at radius 3 is 2.67 bits per heavy atom. The van der Waals surface area contributed by atoms with Crippen molar-refractivity contribution >= 4 is 11.6 Å². The molecule has 0 bridgehead atoms. The van der Waals surface area contributed by atoms with E-state index < -0.39 is 17.7 Å². The van der Waals surface area contributed by atoms with Gasteiger partial charge in [-0.2, -0.15) is 5.10 Å². The third-order valence-electron chi connectivity index (χ3n) is 3.40. The highest BCUT2D eigenvalue weighted by Gasteiger charge is 2.21. The van der Waals surface area contributed by atoms with Gasteiger partial charge in [0.15, 0.2) is 0 Å². The zero-order chi connectivity index (χ0) is 15.6. The minimum atomic E-state index is -1.18. The highest BCUT2D eigenvalue weighted by Crippen LogP contribution is 2.28. The van der Waals surface area contributed by atoms with Gasteiger partial charge < -0.3 is 5.11 Å². The topological polar surface area (TPSA) is 38.0 Å². The molecule has 0 saturated carbocycles. The average Bonchev–Trinajstić information content (AvgIpc) is 2.77. The molecule has 0 aliphatic carbocycles. The number of aliphatic hydroxyl groups excluding tert-OH is 1. The van der Waals surface area contributed by atoms with Crippen molar-refractivity contribution in [3.8, 4) is 0 Å². The molecule has 3 nitrogen and oxygen atoms in total. The molecule has 114 valence electrons. The van der Waals surface area contributed by atoms with E-state index in [1.807, 2.05) is 13.8 Å². The highest BCUT2D eigenvalue weighted by atomic mass is 35.5. The van der Waals surface area contributed by atoms with E-state index in [2.05, 4.69) is 5.10 Å². The van der Waals surface area contributed by atoms with Gasteiger partial charge in [0.1, 0.15) is 11.6 Å². The van der Waals surface area contributed by atoms with Crippen LogP contribution in [0.5, 0.6) is 0 Å². The summed E-state index contributed by atoms with van der Waals surface area (Å²) in [6.45, 7) is 4.43. The third-order valence-corrected chi connectivity index (χ3v) is 3.83. The fraction of sp³-hybridized carbons (Fsp3) is 0.400. The lowest BCUT2D eigenvalue weighted by Crippen LogP contribution is -2.10. The van der Waals surface area contributed by atoms with Crippen molar-refractivity contribution in [1.82, 2.24) is 9.78 Å². The van der Waals surface area contributed by atoms with Crippen molar-refractivity contribution in [3.05, 3.63) is 51.8 Å². The Morgan fingerprint density at radius 2 is 2.05 bits per heavy atom. The number of nitrogens with zero attached hydrogens (tertiary/aromatic N) is 2. The van der Waals surface area contributed by atoms with Gasteiger partial charge in [0.25, 0.3) is 0 Å². The van der Waals surface area contributed by atoms with Crippen LogP contribution in [0.25, 0.3) is 0 Å². The molecular formula is C15H17ClF2N2O. The van der Waals surface area contributed by atoms with Crippen molar-refractivity contribution in [2.24, 2.45) is 0 Å². The van der Waals surface area contributed by atoms with Crippen LogP contribution < -0.4 is 0 Å². The van der Waals surface area contributed by atoms with Crippen LogP contribution in [-0.4, -0.2) is 14.9 Å². The molecule has 0 amide bonds. The maximum atomic E-state index is 13.7. The van der Waals surface area contributed by atoms with E-state index in [9.17, 15) is 13.9 Å². The summed E-state index contributed by atoms with van der Waals surface area (Å²) in [6.07, 6.45) is -0.423. The minimum Gasteiger partial charge on any atom is -0.388 e. The van der Waals surface area contributed by atoms with Gasteiger partial charge in [-0.25, -0.2) is 8.78 Å². The van der Waals surface area contributed by atoms with Crippen molar-refractivity contribution < 1.29 is 13.9 Å². The molecule has 1 aromatic heterocycles. The SMILES string of the molecule is CCc1nn(CC)c(CC(O)c2cc(F)ccc2F)c1Cl. The second-order valence-electron chi connectivity index (χ2n) is 4.76. The minimum absolute atomic E-state index is 0.0760. The lowest BCUT2D eigenvalue weighted by molar-refractivity contribution is 0.170. The Labute approximate surface area is 127 Å². The van der Waals surface area contributed by atoms with Gasteiger partial charge in [-0.3, -0.25) is 4.68 Å². The lowest BCUT2D eigenvalue weighted by atomic mass is 10.0. The first-order valence-corrected chi connectivity index (χ1v) is 7.22. The molecule has 0 saturated heterocycles. The lowest BCUT2D eigenvalue weighted by Gasteiger charge is -2.13. The maximum Gasteiger partial charge on any atom is 0.129 e. The van der Waals surface area contributed by atoms with Crippen LogP contribution in [0.2, 0.25) is 5.02 Å². The van der Waals surface area contributed by atoms with Crippen LogP contribution in [0.3, 0.4) is 0 Å². The van der Waals surface area contributed by atoms with Crippen LogP contribution in [0.15, 0.2) is 18.2 Å². The normalized spacial score (nSPS) is 12.7. The molecule has 21 heavy (non-hydrogen) atoms. The monoisotopic (exact) mass is 314 g/mol. The van der Waals surface area contributed by atoms with Gasteiger partial charge in [0.2, 0.25) is 0 Å². The molecule has 1 heterocycles. The number of aromatic nitrogens is 2. The van der Waals surface area contributed by atoms with E-state index in [0.29, 0.717) is 23.7 Å². The van der Waals surface area contributed by atoms with E-state index in [4.69, 9.17) is 11.6 Å². The van der Waals surface area contributed by atoms with Gasteiger partial charge in [0, 0.05) is 18.5 Å². The smallest absolute Gasteiger partial charge is 0.129 e. The van der Waals surface area contributed by atoms with E-state index in [1.54, 1.807) is 4.68 Å². The fourth-order valence-electron chi connectivity index (χ4n) is 2.28. The number of hydrogen-bond acceptors (Lipinski definition) is 2. The molecule has 1 unspecified atom stereocenters. The number of aliphatic hydroxyl groups is 1. The Hall–Kier alpha value is -1.46. The van der Waals surface area contributed by atoms with Crippen LogP contribution in [0.1, 0.15) is 36.9 Å². The summed E-state index contributed by atoms with van der Waals surface area (Å²) in [4.78, 5) is 0. The van der Waals surface area contributed by atoms with Crippen molar-refractivity contribution in [3.63, 3.8) is 0 Å². The summed E-state index contributed by atoms with van der Waals surface area (Å²) >= 11 is 6.25. The van der Waals surface area contributed by atoms with Gasteiger partial charge in [-0.1, -0.05) is 18.5 Å². The zero-order valence-electron chi connectivity index (χ0n) is 11.9. The number of benzene rings is 1. The first-order valence-electron chi connectivity index (χ1n) is 6.84. The molecule has 1 aromatic carbocycles.